The van der Waals surface area contributed by atoms with Crippen LogP contribution < -0.4 is 5.32 Å². The van der Waals surface area contributed by atoms with Gasteiger partial charge in [-0.15, -0.1) is 0 Å². The summed E-state index contributed by atoms with van der Waals surface area (Å²) in [7, 11) is 0. The topological polar surface area (TPSA) is 21.3 Å². The van der Waals surface area contributed by atoms with Crippen LogP contribution in [0.15, 0.2) is 18.2 Å². The van der Waals surface area contributed by atoms with Gasteiger partial charge in [0.25, 0.3) is 0 Å². The van der Waals surface area contributed by atoms with Gasteiger partial charge in [-0.1, -0.05) is 42.3 Å². The normalized spacial score (nSPS) is 24.6. The van der Waals surface area contributed by atoms with Crippen molar-refractivity contribution in [2.45, 2.75) is 51.2 Å². The molecular weight excluding hydrogens is 293 g/mol. The molecule has 1 aliphatic rings. The van der Waals surface area contributed by atoms with Crippen molar-refractivity contribution >= 4 is 23.2 Å². The van der Waals surface area contributed by atoms with E-state index in [0.29, 0.717) is 10.0 Å². The second-order valence-electron chi connectivity index (χ2n) is 5.65. The van der Waals surface area contributed by atoms with Crippen LogP contribution in [0, 0.1) is 0 Å². The Morgan fingerprint density at radius 2 is 2.15 bits per heavy atom. The predicted octanol–water partition coefficient (Wildman–Crippen LogP) is 4.99. The molecular formula is C16H23Cl2NO. The first-order chi connectivity index (χ1) is 9.58. The summed E-state index contributed by atoms with van der Waals surface area (Å²) in [5.41, 5.74) is 0.818. The lowest BCUT2D eigenvalue weighted by atomic mass is 9.84. The van der Waals surface area contributed by atoms with E-state index in [0.717, 1.165) is 38.0 Å². The van der Waals surface area contributed by atoms with Gasteiger partial charge >= 0.3 is 0 Å². The fourth-order valence-electron chi connectivity index (χ4n) is 2.87. The minimum Gasteiger partial charge on any atom is -0.373 e. The lowest BCUT2D eigenvalue weighted by Gasteiger charge is -2.41. The molecule has 0 saturated carbocycles. The molecule has 112 valence electrons. The Morgan fingerprint density at radius 1 is 1.35 bits per heavy atom. The van der Waals surface area contributed by atoms with E-state index in [4.69, 9.17) is 27.9 Å². The molecule has 0 aromatic heterocycles. The lowest BCUT2D eigenvalue weighted by Crippen LogP contribution is -2.46. The predicted molar refractivity (Wildman–Crippen MR) is 85.7 cm³/mol. The third kappa shape index (κ3) is 3.48. The number of halogens is 2. The highest BCUT2D eigenvalue weighted by molar-refractivity contribution is 6.42. The standard InChI is InChI=1S/C16H23Cl2NO/c1-3-10-19-15(16(2)9-4-5-11-20-16)12-7-6-8-13(17)14(12)18/h6-8,15,19H,3-5,9-11H2,1-2H3. The maximum atomic E-state index is 6.42. The second kappa shape index (κ2) is 7.13. The van der Waals surface area contributed by atoms with Gasteiger partial charge in [0.15, 0.2) is 0 Å². The zero-order chi connectivity index (χ0) is 14.6. The molecule has 1 N–H and O–H groups in total. The van der Waals surface area contributed by atoms with Crippen LogP contribution in [0.25, 0.3) is 0 Å². The minimum atomic E-state index is -0.220. The molecule has 1 fully saturated rings. The van der Waals surface area contributed by atoms with Crippen LogP contribution in [0.2, 0.25) is 10.0 Å². The summed E-state index contributed by atoms with van der Waals surface area (Å²) in [4.78, 5) is 0. The van der Waals surface area contributed by atoms with Gasteiger partial charge in [0, 0.05) is 6.61 Å². The molecule has 0 amide bonds. The molecule has 2 rings (SSSR count). The highest BCUT2D eigenvalue weighted by atomic mass is 35.5. The van der Waals surface area contributed by atoms with Crippen molar-refractivity contribution in [1.82, 2.24) is 5.32 Å². The summed E-state index contributed by atoms with van der Waals surface area (Å²) < 4.78 is 6.11. The maximum absolute atomic E-state index is 6.42. The smallest absolute Gasteiger partial charge is 0.0848 e. The van der Waals surface area contributed by atoms with Crippen LogP contribution in [0.3, 0.4) is 0 Å². The number of hydrogen-bond acceptors (Lipinski definition) is 2. The molecule has 4 heteroatoms. The maximum Gasteiger partial charge on any atom is 0.0848 e. The quantitative estimate of drug-likeness (QED) is 0.826. The number of rotatable bonds is 5. The SMILES string of the molecule is CCCNC(c1cccc(Cl)c1Cl)C1(C)CCCCO1. The summed E-state index contributed by atoms with van der Waals surface area (Å²) >= 11 is 12.6. The van der Waals surface area contributed by atoms with Crippen molar-refractivity contribution in [2.75, 3.05) is 13.2 Å². The van der Waals surface area contributed by atoms with Crippen molar-refractivity contribution in [3.63, 3.8) is 0 Å². The first kappa shape index (κ1) is 16.1. The number of benzene rings is 1. The van der Waals surface area contributed by atoms with Crippen LogP contribution in [0.5, 0.6) is 0 Å². The van der Waals surface area contributed by atoms with E-state index in [1.165, 1.54) is 6.42 Å². The van der Waals surface area contributed by atoms with Crippen molar-refractivity contribution in [1.29, 1.82) is 0 Å². The van der Waals surface area contributed by atoms with Crippen LogP contribution in [-0.4, -0.2) is 18.8 Å². The largest absolute Gasteiger partial charge is 0.373 e. The fourth-order valence-corrected chi connectivity index (χ4v) is 3.29. The van der Waals surface area contributed by atoms with Gasteiger partial charge in [0.2, 0.25) is 0 Å². The van der Waals surface area contributed by atoms with E-state index in [2.05, 4.69) is 19.2 Å². The summed E-state index contributed by atoms with van der Waals surface area (Å²) in [5.74, 6) is 0. The number of nitrogens with one attached hydrogen (secondary N) is 1. The molecule has 0 radical (unpaired) electrons. The Hall–Kier alpha value is -0.280. The van der Waals surface area contributed by atoms with E-state index < -0.39 is 0 Å². The van der Waals surface area contributed by atoms with Gasteiger partial charge in [0.1, 0.15) is 0 Å². The molecule has 0 bridgehead atoms. The molecule has 1 heterocycles. The Morgan fingerprint density at radius 3 is 2.80 bits per heavy atom. The third-order valence-corrected chi connectivity index (χ3v) is 4.83. The highest BCUT2D eigenvalue weighted by Gasteiger charge is 2.38. The van der Waals surface area contributed by atoms with Gasteiger partial charge in [0.05, 0.1) is 21.7 Å². The second-order valence-corrected chi connectivity index (χ2v) is 6.43. The summed E-state index contributed by atoms with van der Waals surface area (Å²) in [6.45, 7) is 6.09. The molecule has 1 aliphatic heterocycles. The zero-order valence-electron chi connectivity index (χ0n) is 12.2. The average Bonchev–Trinajstić information content (AvgIpc) is 2.44. The van der Waals surface area contributed by atoms with Crippen LogP contribution in [0.1, 0.15) is 51.1 Å². The molecule has 1 aromatic rings. The van der Waals surface area contributed by atoms with E-state index >= 15 is 0 Å². The van der Waals surface area contributed by atoms with Crippen molar-refractivity contribution in [2.24, 2.45) is 0 Å². The number of hydrogen-bond donors (Lipinski definition) is 1. The molecule has 1 aromatic carbocycles. The molecule has 20 heavy (non-hydrogen) atoms. The Bertz CT molecular complexity index is 444. The zero-order valence-corrected chi connectivity index (χ0v) is 13.7. The van der Waals surface area contributed by atoms with Crippen LogP contribution in [-0.2, 0) is 4.74 Å². The van der Waals surface area contributed by atoms with E-state index in [-0.39, 0.29) is 11.6 Å². The van der Waals surface area contributed by atoms with E-state index in [1.54, 1.807) is 0 Å². The minimum absolute atomic E-state index is 0.0777. The van der Waals surface area contributed by atoms with Gasteiger partial charge in [-0.3, -0.25) is 0 Å². The molecule has 2 atom stereocenters. The van der Waals surface area contributed by atoms with Gasteiger partial charge in [-0.05, 0) is 50.8 Å². The van der Waals surface area contributed by atoms with Crippen molar-refractivity contribution in [3.05, 3.63) is 33.8 Å². The Labute approximate surface area is 131 Å². The van der Waals surface area contributed by atoms with Gasteiger partial charge < -0.3 is 10.1 Å². The molecule has 2 nitrogen and oxygen atoms in total. The Kier molecular flexibility index (Phi) is 5.74. The first-order valence-corrected chi connectivity index (χ1v) is 8.15. The van der Waals surface area contributed by atoms with Crippen molar-refractivity contribution in [3.8, 4) is 0 Å². The highest BCUT2D eigenvalue weighted by Crippen LogP contribution is 2.40. The summed E-state index contributed by atoms with van der Waals surface area (Å²) in [6.07, 6.45) is 4.44. The van der Waals surface area contributed by atoms with Gasteiger partial charge in [-0.2, -0.15) is 0 Å². The van der Waals surface area contributed by atoms with Crippen molar-refractivity contribution < 1.29 is 4.74 Å². The molecule has 1 saturated heterocycles. The van der Waals surface area contributed by atoms with Crippen LogP contribution in [0.4, 0.5) is 0 Å². The molecule has 2 unspecified atom stereocenters. The van der Waals surface area contributed by atoms with Crippen LogP contribution >= 0.6 is 23.2 Å². The molecule has 0 spiro atoms. The fraction of sp³-hybridized carbons (Fsp3) is 0.625. The molecule has 0 aliphatic carbocycles. The summed E-state index contributed by atoms with van der Waals surface area (Å²) in [6, 6.07) is 5.91. The Balaban J connectivity index is 2.33. The monoisotopic (exact) mass is 315 g/mol. The first-order valence-electron chi connectivity index (χ1n) is 7.40. The lowest BCUT2D eigenvalue weighted by molar-refractivity contribution is -0.0897. The average molecular weight is 316 g/mol. The third-order valence-electron chi connectivity index (χ3n) is 4.00. The van der Waals surface area contributed by atoms with Gasteiger partial charge in [-0.25, -0.2) is 0 Å². The van der Waals surface area contributed by atoms with E-state index in [9.17, 15) is 0 Å². The van der Waals surface area contributed by atoms with E-state index in [1.807, 2.05) is 18.2 Å². The summed E-state index contributed by atoms with van der Waals surface area (Å²) in [5, 5.41) is 4.84. The number of ether oxygens (including phenoxy) is 1.